The third-order valence-electron chi connectivity index (χ3n) is 9.96. The van der Waals surface area contributed by atoms with Crippen molar-refractivity contribution in [1.29, 1.82) is 0 Å². The summed E-state index contributed by atoms with van der Waals surface area (Å²) in [5.41, 5.74) is 0.637. The summed E-state index contributed by atoms with van der Waals surface area (Å²) in [6.07, 6.45) is 12.0. The molecule has 0 aromatic rings. The summed E-state index contributed by atoms with van der Waals surface area (Å²) in [7, 11) is 0. The van der Waals surface area contributed by atoms with Crippen molar-refractivity contribution in [2.75, 3.05) is 0 Å². The topological polar surface area (TPSA) is 54.4 Å². The van der Waals surface area contributed by atoms with Gasteiger partial charge in [0.15, 0.2) is 0 Å². The van der Waals surface area contributed by atoms with Crippen molar-refractivity contribution in [3.05, 3.63) is 0 Å². The SMILES string of the molecule is CC(CCC(=O)O)[C@H]1CC[C@H]2[C@@H]3C(=O)C[C@H]4CCCCC4(C)C3CCC12C. The van der Waals surface area contributed by atoms with Crippen molar-refractivity contribution in [2.45, 2.75) is 91.4 Å². The molecular weight excluding hydrogens is 336 g/mol. The van der Waals surface area contributed by atoms with Crippen LogP contribution >= 0.6 is 0 Å². The third kappa shape index (κ3) is 2.99. The van der Waals surface area contributed by atoms with Gasteiger partial charge in [-0.2, -0.15) is 0 Å². The number of fused-ring (bicyclic) bond motifs is 5. The maximum atomic E-state index is 13.3. The summed E-state index contributed by atoms with van der Waals surface area (Å²) in [5.74, 6) is 3.02. The summed E-state index contributed by atoms with van der Waals surface area (Å²) in [4.78, 5) is 24.4. The van der Waals surface area contributed by atoms with E-state index < -0.39 is 5.97 Å². The molecule has 0 aromatic carbocycles. The van der Waals surface area contributed by atoms with Gasteiger partial charge in [0.2, 0.25) is 0 Å². The van der Waals surface area contributed by atoms with Gasteiger partial charge in [-0.1, -0.05) is 33.6 Å². The van der Waals surface area contributed by atoms with Crippen LogP contribution in [0.2, 0.25) is 0 Å². The Morgan fingerprint density at radius 3 is 2.56 bits per heavy atom. The molecule has 3 heteroatoms. The van der Waals surface area contributed by atoms with E-state index in [0.717, 1.165) is 12.8 Å². The second-order valence-corrected chi connectivity index (χ2v) is 11.0. The number of carbonyl (C=O) groups excluding carboxylic acids is 1. The van der Waals surface area contributed by atoms with Crippen LogP contribution in [0.5, 0.6) is 0 Å². The molecule has 0 saturated heterocycles. The molecule has 4 aliphatic carbocycles. The van der Waals surface area contributed by atoms with Gasteiger partial charge in [0.25, 0.3) is 0 Å². The maximum Gasteiger partial charge on any atom is 0.303 e. The lowest BCUT2D eigenvalue weighted by Gasteiger charge is -2.60. The largest absolute Gasteiger partial charge is 0.481 e. The number of hydrogen-bond donors (Lipinski definition) is 1. The Morgan fingerprint density at radius 1 is 1.07 bits per heavy atom. The number of carboxylic acid groups (broad SMARTS) is 1. The van der Waals surface area contributed by atoms with E-state index in [0.29, 0.717) is 46.7 Å². The summed E-state index contributed by atoms with van der Waals surface area (Å²) in [5, 5.41) is 9.08. The molecule has 3 nitrogen and oxygen atoms in total. The van der Waals surface area contributed by atoms with Gasteiger partial charge in [-0.3, -0.25) is 9.59 Å². The lowest BCUT2D eigenvalue weighted by Crippen LogP contribution is -2.56. The van der Waals surface area contributed by atoms with E-state index in [1.54, 1.807) is 0 Å². The van der Waals surface area contributed by atoms with Crippen molar-refractivity contribution in [1.82, 2.24) is 0 Å². The highest BCUT2D eigenvalue weighted by atomic mass is 16.4. The fraction of sp³-hybridized carbons (Fsp3) is 0.917. The first-order chi connectivity index (χ1) is 12.8. The molecule has 0 bridgehead atoms. The highest BCUT2D eigenvalue weighted by Crippen LogP contribution is 2.67. The molecule has 1 N–H and O–H groups in total. The minimum Gasteiger partial charge on any atom is -0.481 e. The quantitative estimate of drug-likeness (QED) is 0.685. The molecule has 0 aromatic heterocycles. The highest BCUT2D eigenvalue weighted by molar-refractivity contribution is 5.83. The second-order valence-electron chi connectivity index (χ2n) is 11.0. The zero-order valence-corrected chi connectivity index (χ0v) is 17.5. The smallest absolute Gasteiger partial charge is 0.303 e. The third-order valence-corrected chi connectivity index (χ3v) is 9.96. The molecule has 4 rings (SSSR count). The van der Waals surface area contributed by atoms with Crippen molar-refractivity contribution < 1.29 is 14.7 Å². The Bertz CT molecular complexity index is 613. The van der Waals surface area contributed by atoms with Crippen LogP contribution in [-0.4, -0.2) is 16.9 Å². The Morgan fingerprint density at radius 2 is 1.81 bits per heavy atom. The van der Waals surface area contributed by atoms with E-state index in [4.69, 9.17) is 5.11 Å². The monoisotopic (exact) mass is 374 g/mol. The molecule has 152 valence electrons. The van der Waals surface area contributed by atoms with E-state index in [2.05, 4.69) is 20.8 Å². The molecule has 0 amide bonds. The van der Waals surface area contributed by atoms with Crippen LogP contribution < -0.4 is 0 Å². The average molecular weight is 375 g/mol. The number of carboxylic acids is 1. The molecule has 4 fully saturated rings. The summed E-state index contributed by atoms with van der Waals surface area (Å²) >= 11 is 0. The lowest BCUT2D eigenvalue weighted by molar-refractivity contribution is -0.156. The van der Waals surface area contributed by atoms with Crippen LogP contribution in [0, 0.1) is 46.3 Å². The lowest BCUT2D eigenvalue weighted by atomic mass is 9.44. The normalized spacial score (nSPS) is 47.7. The van der Waals surface area contributed by atoms with Gasteiger partial charge in [-0.15, -0.1) is 0 Å². The predicted octanol–water partition coefficient (Wildman–Crippen LogP) is 5.72. The van der Waals surface area contributed by atoms with E-state index >= 15 is 0 Å². The number of carbonyl (C=O) groups is 2. The minimum atomic E-state index is -0.677. The van der Waals surface area contributed by atoms with Gasteiger partial charge in [0.05, 0.1) is 0 Å². The molecule has 8 atom stereocenters. The maximum absolute atomic E-state index is 13.3. The van der Waals surface area contributed by atoms with Crippen molar-refractivity contribution in [2.24, 2.45) is 46.3 Å². The van der Waals surface area contributed by atoms with Crippen LogP contribution in [0.1, 0.15) is 91.4 Å². The molecular formula is C24H38O3. The molecule has 4 saturated carbocycles. The number of ketones is 1. The fourth-order valence-corrected chi connectivity index (χ4v) is 8.49. The average Bonchev–Trinajstić information content (AvgIpc) is 2.97. The van der Waals surface area contributed by atoms with Crippen LogP contribution in [0.15, 0.2) is 0 Å². The van der Waals surface area contributed by atoms with Crippen LogP contribution in [0.25, 0.3) is 0 Å². The van der Waals surface area contributed by atoms with Crippen LogP contribution in [0.3, 0.4) is 0 Å². The first-order valence-electron chi connectivity index (χ1n) is 11.5. The Kier molecular flexibility index (Phi) is 4.96. The van der Waals surface area contributed by atoms with E-state index in [1.807, 2.05) is 0 Å². The number of Topliss-reactive ketones (excluding diaryl/α,β-unsaturated/α-hetero) is 1. The van der Waals surface area contributed by atoms with Crippen LogP contribution in [-0.2, 0) is 9.59 Å². The molecule has 0 spiro atoms. The fourth-order valence-electron chi connectivity index (χ4n) is 8.49. The summed E-state index contributed by atoms with van der Waals surface area (Å²) in [6.45, 7) is 7.23. The zero-order chi connectivity index (χ0) is 19.4. The molecule has 0 aliphatic heterocycles. The van der Waals surface area contributed by atoms with Gasteiger partial charge in [0.1, 0.15) is 5.78 Å². The van der Waals surface area contributed by atoms with E-state index in [1.165, 1.54) is 51.4 Å². The molecule has 0 heterocycles. The van der Waals surface area contributed by atoms with E-state index in [9.17, 15) is 9.59 Å². The predicted molar refractivity (Wildman–Crippen MR) is 106 cm³/mol. The standard InChI is InChI=1S/C24H38O3/c1-15(7-10-21(26)27)17-8-9-18-22-19(11-13-24(17,18)3)23(2)12-5-4-6-16(23)14-20(22)25/h15-19,22H,4-14H2,1-3H3,(H,26,27)/t15?,16-,17-,18+,19?,22+,23?,24?/m1/s1. The first kappa shape index (κ1) is 19.5. The van der Waals surface area contributed by atoms with Crippen molar-refractivity contribution in [3.63, 3.8) is 0 Å². The number of aliphatic carboxylic acids is 1. The molecule has 27 heavy (non-hydrogen) atoms. The number of rotatable bonds is 4. The molecule has 0 radical (unpaired) electrons. The van der Waals surface area contributed by atoms with Crippen LogP contribution in [0.4, 0.5) is 0 Å². The van der Waals surface area contributed by atoms with Gasteiger partial charge in [0, 0.05) is 18.8 Å². The Labute approximate surface area is 164 Å². The van der Waals surface area contributed by atoms with Crippen molar-refractivity contribution >= 4 is 11.8 Å². The summed E-state index contributed by atoms with van der Waals surface area (Å²) < 4.78 is 0. The second kappa shape index (κ2) is 6.88. The zero-order valence-electron chi connectivity index (χ0n) is 17.5. The Hall–Kier alpha value is -0.860. The first-order valence-corrected chi connectivity index (χ1v) is 11.5. The van der Waals surface area contributed by atoms with Crippen molar-refractivity contribution in [3.8, 4) is 0 Å². The minimum absolute atomic E-state index is 0.243. The van der Waals surface area contributed by atoms with Gasteiger partial charge in [-0.05, 0) is 85.4 Å². The molecule has 4 unspecified atom stereocenters. The van der Waals surface area contributed by atoms with Gasteiger partial charge >= 0.3 is 5.97 Å². The van der Waals surface area contributed by atoms with Gasteiger partial charge < -0.3 is 5.11 Å². The molecule has 4 aliphatic rings. The van der Waals surface area contributed by atoms with E-state index in [-0.39, 0.29) is 11.8 Å². The van der Waals surface area contributed by atoms with Gasteiger partial charge in [-0.25, -0.2) is 0 Å². The Balaban J connectivity index is 1.57. The highest BCUT2D eigenvalue weighted by Gasteiger charge is 2.62. The summed E-state index contributed by atoms with van der Waals surface area (Å²) in [6, 6.07) is 0. The number of hydrogen-bond acceptors (Lipinski definition) is 2.